The van der Waals surface area contributed by atoms with E-state index < -0.39 is 0 Å². The Balaban J connectivity index is 1.84. The van der Waals surface area contributed by atoms with Gasteiger partial charge in [0.15, 0.2) is 5.11 Å². The summed E-state index contributed by atoms with van der Waals surface area (Å²) < 4.78 is 0. The predicted molar refractivity (Wildman–Crippen MR) is 137 cm³/mol. The number of nitrogens with zero attached hydrogens (tertiary/aromatic N) is 1. The minimum absolute atomic E-state index is 0.0914. The van der Waals surface area contributed by atoms with E-state index in [1.54, 1.807) is 54.2 Å². The van der Waals surface area contributed by atoms with Crippen LogP contribution in [0, 0.1) is 0 Å². The highest BCUT2D eigenvalue weighted by Gasteiger charge is 2.08. The van der Waals surface area contributed by atoms with Gasteiger partial charge in [-0.3, -0.25) is 9.59 Å². The maximum absolute atomic E-state index is 12.1. The van der Waals surface area contributed by atoms with Crippen LogP contribution in [0.3, 0.4) is 0 Å². The molecule has 0 aliphatic carbocycles. The first kappa shape index (κ1) is 24.9. The third-order valence-corrected chi connectivity index (χ3v) is 5.33. The average Bonchev–Trinajstić information content (AvgIpc) is 2.68. The van der Waals surface area contributed by atoms with Crippen molar-refractivity contribution < 1.29 is 9.59 Å². The fraction of sp³-hybridized carbons (Fsp3) is 0.286. The Morgan fingerprint density at radius 3 is 2.13 bits per heavy atom. The summed E-state index contributed by atoms with van der Waals surface area (Å²) in [6.45, 7) is 2.38. The molecule has 0 atom stereocenters. The van der Waals surface area contributed by atoms with E-state index in [9.17, 15) is 9.59 Å². The Kier molecular flexibility index (Phi) is 10.1. The van der Waals surface area contributed by atoms with Crippen molar-refractivity contribution in [3.8, 4) is 0 Å². The van der Waals surface area contributed by atoms with E-state index in [2.05, 4.69) is 26.2 Å². The number of carbonyl (C=O) groups excluding carboxylic acids is 2. The Morgan fingerprint density at radius 2 is 1.55 bits per heavy atom. The Labute approximate surface area is 197 Å². The summed E-state index contributed by atoms with van der Waals surface area (Å²) >= 11 is 13.2. The molecule has 0 unspecified atom stereocenters. The van der Waals surface area contributed by atoms with Crippen molar-refractivity contribution in [1.82, 2.24) is 4.90 Å². The third-order valence-electron chi connectivity index (χ3n) is 3.88. The van der Waals surface area contributed by atoms with Gasteiger partial charge in [-0.2, -0.15) is 11.8 Å². The van der Waals surface area contributed by atoms with Gasteiger partial charge in [-0.05, 0) is 68.8 Å². The van der Waals surface area contributed by atoms with E-state index in [4.69, 9.17) is 23.8 Å². The number of nitrogens with one attached hydrogen (secondary N) is 4. The summed E-state index contributed by atoms with van der Waals surface area (Å²) in [4.78, 5) is 25.2. The van der Waals surface area contributed by atoms with Gasteiger partial charge in [0, 0.05) is 36.3 Å². The first-order valence-corrected chi connectivity index (χ1v) is 11.4. The highest BCUT2D eigenvalue weighted by Crippen LogP contribution is 2.26. The Bertz CT molecular complexity index is 922. The number of rotatable bonds is 9. The minimum Gasteiger partial charge on any atom is -0.332 e. The molecule has 0 fully saturated rings. The molecule has 0 heterocycles. The number of carbonyl (C=O) groups is 2. The van der Waals surface area contributed by atoms with Gasteiger partial charge in [0.1, 0.15) is 0 Å². The summed E-state index contributed by atoms with van der Waals surface area (Å²) in [7, 11) is 4.00. The summed E-state index contributed by atoms with van der Waals surface area (Å²) in [5.74, 6) is 1.04. The Hall–Kier alpha value is -2.33. The Morgan fingerprint density at radius 1 is 0.968 bits per heavy atom. The molecule has 31 heavy (non-hydrogen) atoms. The first-order valence-electron chi connectivity index (χ1n) is 9.50. The fourth-order valence-electron chi connectivity index (χ4n) is 2.43. The number of hydrogen-bond donors (Lipinski definition) is 4. The zero-order valence-corrected chi connectivity index (χ0v) is 20.0. The number of benzene rings is 2. The highest BCUT2D eigenvalue weighted by atomic mass is 35.5. The van der Waals surface area contributed by atoms with E-state index in [1.807, 2.05) is 14.1 Å². The van der Waals surface area contributed by atoms with Crippen LogP contribution in [-0.2, 0) is 9.59 Å². The molecule has 0 aromatic heterocycles. The number of anilines is 4. The first-order chi connectivity index (χ1) is 14.7. The van der Waals surface area contributed by atoms with Crippen LogP contribution in [0.5, 0.6) is 0 Å². The monoisotopic (exact) mass is 479 g/mol. The second kappa shape index (κ2) is 12.5. The standard InChI is InChI=1S/C21H26ClN5O2S2/c1-14(28)23-15-4-6-16(7-5-15)24-21(30)25-17-8-9-19(18(22)12-17)26-20(29)13-31-11-10-27(2)3/h4-9,12H,10-11,13H2,1-3H3,(H,23,28)(H,26,29)(H2,24,25,30). The largest absolute Gasteiger partial charge is 0.332 e. The molecular formula is C21H26ClN5O2S2. The zero-order valence-electron chi connectivity index (χ0n) is 17.6. The van der Waals surface area contributed by atoms with Gasteiger partial charge < -0.3 is 26.2 Å². The van der Waals surface area contributed by atoms with Gasteiger partial charge in [0.25, 0.3) is 0 Å². The molecule has 0 saturated carbocycles. The summed E-state index contributed by atoms with van der Waals surface area (Å²) in [6, 6.07) is 12.4. The lowest BCUT2D eigenvalue weighted by Crippen LogP contribution is -2.19. The lowest BCUT2D eigenvalue weighted by atomic mass is 10.2. The van der Waals surface area contributed by atoms with Gasteiger partial charge >= 0.3 is 0 Å². The molecule has 2 aromatic rings. The van der Waals surface area contributed by atoms with Crippen LogP contribution in [0.2, 0.25) is 5.02 Å². The molecule has 0 aliphatic rings. The molecule has 2 aromatic carbocycles. The number of halogens is 1. The van der Waals surface area contributed by atoms with E-state index in [-0.39, 0.29) is 11.8 Å². The smallest absolute Gasteiger partial charge is 0.234 e. The van der Waals surface area contributed by atoms with Crippen molar-refractivity contribution in [2.45, 2.75) is 6.92 Å². The molecule has 0 saturated heterocycles. The SMILES string of the molecule is CC(=O)Nc1ccc(NC(=S)Nc2ccc(NC(=O)CSCCN(C)C)c(Cl)c2)cc1. The molecule has 0 spiro atoms. The van der Waals surface area contributed by atoms with Gasteiger partial charge in [-0.1, -0.05) is 11.6 Å². The minimum atomic E-state index is -0.127. The fourth-order valence-corrected chi connectivity index (χ4v) is 3.79. The molecule has 7 nitrogen and oxygen atoms in total. The van der Waals surface area contributed by atoms with Crippen LogP contribution in [0.4, 0.5) is 22.7 Å². The van der Waals surface area contributed by atoms with Crippen molar-refractivity contribution in [1.29, 1.82) is 0 Å². The van der Waals surface area contributed by atoms with Gasteiger partial charge in [-0.15, -0.1) is 0 Å². The molecule has 10 heteroatoms. The van der Waals surface area contributed by atoms with E-state index >= 15 is 0 Å². The molecule has 166 valence electrons. The maximum atomic E-state index is 12.1. The summed E-state index contributed by atoms with van der Waals surface area (Å²) in [6.07, 6.45) is 0. The van der Waals surface area contributed by atoms with Crippen molar-refractivity contribution >= 4 is 75.3 Å². The van der Waals surface area contributed by atoms with Crippen molar-refractivity contribution in [3.05, 3.63) is 47.5 Å². The van der Waals surface area contributed by atoms with Crippen LogP contribution in [0.1, 0.15) is 6.92 Å². The number of amides is 2. The van der Waals surface area contributed by atoms with Crippen LogP contribution >= 0.6 is 35.6 Å². The second-order valence-electron chi connectivity index (χ2n) is 6.94. The van der Waals surface area contributed by atoms with Crippen LogP contribution in [0.25, 0.3) is 0 Å². The van der Waals surface area contributed by atoms with Gasteiger partial charge in [0.2, 0.25) is 11.8 Å². The van der Waals surface area contributed by atoms with Gasteiger partial charge in [0.05, 0.1) is 16.5 Å². The molecule has 0 aliphatic heterocycles. The maximum Gasteiger partial charge on any atom is 0.234 e. The van der Waals surface area contributed by atoms with Crippen LogP contribution in [-0.4, -0.2) is 54.0 Å². The number of hydrogen-bond acceptors (Lipinski definition) is 5. The van der Waals surface area contributed by atoms with Crippen molar-refractivity contribution in [3.63, 3.8) is 0 Å². The summed E-state index contributed by atoms with van der Waals surface area (Å²) in [5.41, 5.74) is 2.72. The molecule has 2 amide bonds. The zero-order chi connectivity index (χ0) is 22.8. The highest BCUT2D eigenvalue weighted by molar-refractivity contribution is 7.99. The lowest BCUT2D eigenvalue weighted by molar-refractivity contribution is -0.114. The van der Waals surface area contributed by atoms with E-state index in [0.29, 0.717) is 33.0 Å². The quantitative estimate of drug-likeness (QED) is 0.314. The summed E-state index contributed by atoms with van der Waals surface area (Å²) in [5, 5.41) is 12.5. The normalized spacial score (nSPS) is 10.5. The van der Waals surface area contributed by atoms with Crippen molar-refractivity contribution in [2.75, 3.05) is 53.4 Å². The van der Waals surface area contributed by atoms with Gasteiger partial charge in [-0.25, -0.2) is 0 Å². The van der Waals surface area contributed by atoms with E-state index in [0.717, 1.165) is 18.0 Å². The predicted octanol–water partition coefficient (Wildman–Crippen LogP) is 4.34. The average molecular weight is 480 g/mol. The number of thioether (sulfide) groups is 1. The van der Waals surface area contributed by atoms with Crippen LogP contribution < -0.4 is 21.3 Å². The lowest BCUT2D eigenvalue weighted by Gasteiger charge is -2.13. The van der Waals surface area contributed by atoms with Crippen LogP contribution in [0.15, 0.2) is 42.5 Å². The molecule has 2 rings (SSSR count). The molecular weight excluding hydrogens is 454 g/mol. The topological polar surface area (TPSA) is 85.5 Å². The van der Waals surface area contributed by atoms with Crippen molar-refractivity contribution in [2.24, 2.45) is 0 Å². The second-order valence-corrected chi connectivity index (χ2v) is 8.86. The third kappa shape index (κ3) is 9.56. The molecule has 4 N–H and O–H groups in total. The number of thiocarbonyl (C=S) groups is 1. The van der Waals surface area contributed by atoms with E-state index in [1.165, 1.54) is 6.92 Å². The molecule has 0 radical (unpaired) electrons. The molecule has 0 bridgehead atoms.